The number of H-pyrrole nitrogens is 1. The predicted molar refractivity (Wildman–Crippen MR) is 135 cm³/mol. The fraction of sp³-hybridized carbons (Fsp3) is 0.480. The van der Waals surface area contributed by atoms with E-state index >= 15 is 0 Å². The lowest BCUT2D eigenvalue weighted by molar-refractivity contribution is -0.121. The number of pyridine rings is 1. The molecule has 1 aromatic heterocycles. The maximum Gasteiger partial charge on any atom is 0.404 e. The average Bonchev–Trinajstić information content (AvgIpc) is 3.15. The van der Waals surface area contributed by atoms with Crippen LogP contribution in [0.2, 0.25) is 0 Å². The quantitative estimate of drug-likeness (QED) is 0.512. The molecule has 9 nitrogen and oxygen atoms in total. The molecule has 0 spiro atoms. The first-order valence-corrected chi connectivity index (χ1v) is 12.4. The first-order valence-electron chi connectivity index (χ1n) is 11.6. The smallest absolute Gasteiger partial charge is 0.404 e. The van der Waals surface area contributed by atoms with Crippen molar-refractivity contribution in [1.29, 1.82) is 0 Å². The largest absolute Gasteiger partial charge is 0.465 e. The molecule has 1 fully saturated rings. The highest BCUT2D eigenvalue weighted by molar-refractivity contribution is 9.10. The number of aromatic nitrogens is 1. The monoisotopic (exact) mass is 547 g/mol. The van der Waals surface area contributed by atoms with Gasteiger partial charge < -0.3 is 29.8 Å². The lowest BCUT2D eigenvalue weighted by Crippen LogP contribution is -2.47. The van der Waals surface area contributed by atoms with Crippen LogP contribution in [0.3, 0.4) is 0 Å². The molecule has 0 bridgehead atoms. The van der Waals surface area contributed by atoms with E-state index in [1.54, 1.807) is 33.9 Å². The molecule has 1 aliphatic carbocycles. The molecule has 0 saturated heterocycles. The number of aromatic amines is 1. The number of ether oxygens (including phenoxy) is 2. The van der Waals surface area contributed by atoms with Crippen LogP contribution in [-0.4, -0.2) is 41.0 Å². The van der Waals surface area contributed by atoms with Gasteiger partial charge in [0.25, 0.3) is 17.3 Å². The minimum atomic E-state index is -1.01. The summed E-state index contributed by atoms with van der Waals surface area (Å²) in [6, 6.07) is 3.46. The van der Waals surface area contributed by atoms with Gasteiger partial charge in [-0.25, -0.2) is 4.79 Å². The van der Waals surface area contributed by atoms with Gasteiger partial charge in [0.15, 0.2) is 11.5 Å². The van der Waals surface area contributed by atoms with E-state index in [2.05, 4.69) is 26.2 Å². The van der Waals surface area contributed by atoms with Crippen molar-refractivity contribution in [1.82, 2.24) is 10.3 Å². The Morgan fingerprint density at radius 3 is 2.37 bits per heavy atom. The summed E-state index contributed by atoms with van der Waals surface area (Å²) in [4.78, 5) is 41.1. The van der Waals surface area contributed by atoms with E-state index in [4.69, 9.17) is 14.6 Å². The lowest BCUT2D eigenvalue weighted by atomic mass is 9.81. The van der Waals surface area contributed by atoms with Gasteiger partial charge in [0, 0.05) is 42.8 Å². The zero-order valence-corrected chi connectivity index (χ0v) is 22.0. The molecule has 10 heteroatoms. The van der Waals surface area contributed by atoms with E-state index in [0.717, 1.165) is 18.5 Å². The van der Waals surface area contributed by atoms with E-state index in [1.165, 1.54) is 4.90 Å². The zero-order chi connectivity index (χ0) is 25.7. The summed E-state index contributed by atoms with van der Waals surface area (Å²) in [5.74, 6) is -0.162. The Bertz CT molecular complexity index is 1250. The van der Waals surface area contributed by atoms with Crippen molar-refractivity contribution < 1.29 is 24.2 Å². The molecule has 1 atom stereocenters. The summed E-state index contributed by atoms with van der Waals surface area (Å²) in [7, 11) is 1.58. The molecule has 3 N–H and O–H groups in total. The van der Waals surface area contributed by atoms with Gasteiger partial charge >= 0.3 is 6.09 Å². The van der Waals surface area contributed by atoms with Gasteiger partial charge in [0.05, 0.1) is 4.47 Å². The molecule has 4 rings (SSSR count). The normalized spacial score (nSPS) is 23.1. The van der Waals surface area contributed by atoms with Crippen LogP contribution < -0.4 is 25.2 Å². The number of amides is 2. The Balaban J connectivity index is 1.59. The molecular weight excluding hydrogens is 518 g/mol. The Hall–Kier alpha value is -3.01. The van der Waals surface area contributed by atoms with E-state index in [0.29, 0.717) is 51.2 Å². The summed E-state index contributed by atoms with van der Waals surface area (Å²) < 4.78 is 13.3. The Kier molecular flexibility index (Phi) is 6.61. The van der Waals surface area contributed by atoms with Crippen LogP contribution in [0.25, 0.3) is 0 Å². The number of benzene rings is 1. The molecule has 1 saturated carbocycles. The number of rotatable bonds is 4. The molecule has 2 amide bonds. The van der Waals surface area contributed by atoms with Gasteiger partial charge in [-0.15, -0.1) is 0 Å². The van der Waals surface area contributed by atoms with E-state index in [9.17, 15) is 14.4 Å². The topological polar surface area (TPSA) is 121 Å². The number of nitrogens with zero attached hydrogens (tertiary/aromatic N) is 1. The highest BCUT2D eigenvalue weighted by Gasteiger charge is 2.47. The van der Waals surface area contributed by atoms with E-state index < -0.39 is 11.9 Å². The van der Waals surface area contributed by atoms with Crippen LogP contribution in [0, 0.1) is 26.7 Å². The Labute approximate surface area is 211 Å². The lowest BCUT2D eigenvalue weighted by Gasteiger charge is -2.37. The van der Waals surface area contributed by atoms with Gasteiger partial charge in [-0.1, -0.05) is 0 Å². The van der Waals surface area contributed by atoms with Gasteiger partial charge in [-0.2, -0.15) is 0 Å². The predicted octanol–water partition coefficient (Wildman–Crippen LogP) is 4.65. The van der Waals surface area contributed by atoms with Crippen molar-refractivity contribution in [3.8, 4) is 11.5 Å². The third kappa shape index (κ3) is 4.63. The zero-order valence-electron chi connectivity index (χ0n) is 20.5. The number of carboxylic acid groups (broad SMARTS) is 1. The van der Waals surface area contributed by atoms with Crippen LogP contribution in [-0.2, 0) is 0 Å². The maximum atomic E-state index is 13.5. The number of carbonyl (C=O) groups excluding carboxylic acids is 1. The van der Waals surface area contributed by atoms with Crippen molar-refractivity contribution >= 4 is 33.6 Å². The van der Waals surface area contributed by atoms with Crippen molar-refractivity contribution in [2.45, 2.75) is 65.2 Å². The first kappa shape index (κ1) is 25.1. The Morgan fingerprint density at radius 1 is 1.14 bits per heavy atom. The Morgan fingerprint density at radius 2 is 1.77 bits per heavy atom. The third-order valence-corrected chi connectivity index (χ3v) is 7.64. The summed E-state index contributed by atoms with van der Waals surface area (Å²) in [5, 5.41) is 11.5. The molecule has 35 heavy (non-hydrogen) atoms. The number of anilines is 1. The van der Waals surface area contributed by atoms with E-state index in [1.807, 2.05) is 13.0 Å². The number of aryl methyl sites for hydroxylation is 2. The second-order valence-corrected chi connectivity index (χ2v) is 10.4. The molecule has 188 valence electrons. The fourth-order valence-electron chi connectivity index (χ4n) is 5.22. The number of hydrogen-bond acceptors (Lipinski definition) is 5. The summed E-state index contributed by atoms with van der Waals surface area (Å²) in [6.45, 7) is 7.29. The molecular formula is C25H30BrN3O6. The summed E-state index contributed by atoms with van der Waals surface area (Å²) >= 11 is 3.54. The second-order valence-electron chi connectivity index (χ2n) is 9.58. The summed E-state index contributed by atoms with van der Waals surface area (Å²) in [6.07, 6.45) is 1.89. The molecule has 2 aromatic rings. The molecule has 2 aliphatic rings. The minimum absolute atomic E-state index is 0.0589. The molecule has 0 unspecified atom stereocenters. The highest BCUT2D eigenvalue weighted by atomic mass is 79.9. The molecule has 1 aromatic carbocycles. The maximum absolute atomic E-state index is 13.5. The fourth-order valence-corrected chi connectivity index (χ4v) is 5.71. The number of carbonyl (C=O) groups is 2. The number of nitrogens with one attached hydrogen (secondary N) is 2. The van der Waals surface area contributed by atoms with Crippen LogP contribution in [0.4, 0.5) is 10.5 Å². The van der Waals surface area contributed by atoms with Crippen molar-refractivity contribution in [2.24, 2.45) is 5.92 Å². The van der Waals surface area contributed by atoms with Crippen molar-refractivity contribution in [3.05, 3.63) is 49.3 Å². The van der Waals surface area contributed by atoms with Crippen LogP contribution in [0.5, 0.6) is 11.5 Å². The third-order valence-electron chi connectivity index (χ3n) is 7.05. The number of halogens is 1. The van der Waals surface area contributed by atoms with Crippen molar-refractivity contribution in [3.63, 3.8) is 0 Å². The van der Waals surface area contributed by atoms with Gasteiger partial charge in [-0.05, 0) is 80.1 Å². The highest BCUT2D eigenvalue weighted by Crippen LogP contribution is 2.51. The van der Waals surface area contributed by atoms with Gasteiger partial charge in [-0.3, -0.25) is 9.59 Å². The van der Waals surface area contributed by atoms with Crippen LogP contribution in [0.15, 0.2) is 21.4 Å². The van der Waals surface area contributed by atoms with Gasteiger partial charge in [0.2, 0.25) is 0 Å². The number of fused-ring (bicyclic) bond motifs is 1. The van der Waals surface area contributed by atoms with E-state index in [-0.39, 0.29) is 23.4 Å². The molecule has 1 aliphatic heterocycles. The SMILES string of the molecule is Cc1cc(C)c(N(C)C(=O)c2cc(Br)c3c(c2C)O[C@@](C)([C@H]2CC[C@H](NC(=O)O)CC2)O3)c(=O)[nH]1. The standard InChI is InChI=1S/C25H30BrN3O6/c1-12-10-13(2)27-22(30)19(12)29(5)23(31)17-11-18(26)21-20(14(17)3)34-25(4,35-21)15-6-8-16(9-7-15)28-24(32)33/h10-11,15-16,28H,6-9H2,1-5H3,(H,27,30)(H,32,33)/t15-,16-,25-/m1/s1. The molecule has 0 radical (unpaired) electrons. The summed E-state index contributed by atoms with van der Waals surface area (Å²) in [5.41, 5.74) is 2.44. The van der Waals surface area contributed by atoms with Crippen molar-refractivity contribution in [2.75, 3.05) is 11.9 Å². The number of hydrogen-bond donors (Lipinski definition) is 3. The first-order chi connectivity index (χ1) is 16.4. The second kappa shape index (κ2) is 9.22. The average molecular weight is 548 g/mol. The van der Waals surface area contributed by atoms with Gasteiger partial charge in [0.1, 0.15) is 5.69 Å². The van der Waals surface area contributed by atoms with Crippen LogP contribution >= 0.6 is 15.9 Å². The van der Waals surface area contributed by atoms with Crippen LogP contribution in [0.1, 0.15) is 59.8 Å². The molecule has 2 heterocycles. The minimum Gasteiger partial charge on any atom is -0.465 e.